The molecule has 7 rings (SSSR count). The van der Waals surface area contributed by atoms with Gasteiger partial charge in [0, 0.05) is 22.0 Å². The highest BCUT2D eigenvalue weighted by atomic mass is 16.5. The summed E-state index contributed by atoms with van der Waals surface area (Å²) >= 11 is 0. The molecule has 0 spiro atoms. The van der Waals surface area contributed by atoms with E-state index < -0.39 is 10.8 Å². The van der Waals surface area contributed by atoms with Gasteiger partial charge in [-0.25, -0.2) is 0 Å². The van der Waals surface area contributed by atoms with Crippen molar-refractivity contribution in [3.05, 3.63) is 120 Å². The average Bonchev–Trinajstić information content (AvgIpc) is 3.29. The van der Waals surface area contributed by atoms with E-state index in [1.165, 1.54) is 28.4 Å². The minimum Gasteiger partial charge on any atom is -0.495 e. The van der Waals surface area contributed by atoms with Gasteiger partial charge in [-0.2, -0.15) is 10.5 Å². The SMILES string of the molecule is COc1cc(-c2cccc3cccc(-c4ccc(-c5cccc6cccc(-c7cc(OC)c(C#N)c(OC)c7)c56)c(NC(=O)C(C)(C)C)c4NC(=O)C(C)(C)C)c23)cc(OC)c1C#N. The van der Waals surface area contributed by atoms with E-state index in [1.807, 2.05) is 151 Å². The molecule has 7 aromatic carbocycles. The lowest BCUT2D eigenvalue weighted by atomic mass is 9.86. The zero-order valence-corrected chi connectivity index (χ0v) is 37.7. The quantitative estimate of drug-likeness (QED) is 0.138. The van der Waals surface area contributed by atoms with Crippen molar-refractivity contribution in [2.45, 2.75) is 41.5 Å². The highest BCUT2D eigenvalue weighted by Crippen LogP contribution is 2.49. The second-order valence-corrected chi connectivity index (χ2v) is 17.5. The molecule has 2 amide bonds. The molecule has 10 nitrogen and oxygen atoms in total. The summed E-state index contributed by atoms with van der Waals surface area (Å²) in [6, 6.07) is 39.6. The molecule has 0 saturated carbocycles. The summed E-state index contributed by atoms with van der Waals surface area (Å²) in [6.45, 7) is 11.1. The van der Waals surface area contributed by atoms with Crippen molar-refractivity contribution in [1.29, 1.82) is 10.5 Å². The Morgan fingerprint density at radius 2 is 0.750 bits per heavy atom. The van der Waals surface area contributed by atoms with Crippen LogP contribution >= 0.6 is 0 Å². The van der Waals surface area contributed by atoms with Crippen LogP contribution in [0.3, 0.4) is 0 Å². The van der Waals surface area contributed by atoms with Crippen LogP contribution in [0.25, 0.3) is 66.1 Å². The number of nitrogens with zero attached hydrogens (tertiary/aromatic N) is 2. The third-order valence-corrected chi connectivity index (χ3v) is 11.3. The van der Waals surface area contributed by atoms with Gasteiger partial charge in [0.25, 0.3) is 0 Å². The zero-order chi connectivity index (χ0) is 46.1. The predicted octanol–water partition coefficient (Wildman–Crippen LogP) is 12.4. The molecular formula is C54H50N4O6. The number of hydrogen-bond acceptors (Lipinski definition) is 8. The Kier molecular flexibility index (Phi) is 12.1. The predicted molar refractivity (Wildman–Crippen MR) is 255 cm³/mol. The monoisotopic (exact) mass is 850 g/mol. The molecule has 7 aromatic rings. The van der Waals surface area contributed by atoms with Crippen LogP contribution in [0.2, 0.25) is 0 Å². The molecule has 0 unspecified atom stereocenters. The topological polar surface area (TPSA) is 143 Å². The maximum Gasteiger partial charge on any atom is 0.229 e. The Morgan fingerprint density at radius 1 is 0.453 bits per heavy atom. The zero-order valence-electron chi connectivity index (χ0n) is 37.7. The third-order valence-electron chi connectivity index (χ3n) is 11.3. The third kappa shape index (κ3) is 8.14. The fourth-order valence-corrected chi connectivity index (χ4v) is 7.88. The highest BCUT2D eigenvalue weighted by molar-refractivity contribution is 6.17. The van der Waals surface area contributed by atoms with Gasteiger partial charge in [0.05, 0.1) is 39.8 Å². The molecule has 0 heterocycles. The van der Waals surface area contributed by atoms with Gasteiger partial charge in [0.1, 0.15) is 46.3 Å². The van der Waals surface area contributed by atoms with E-state index >= 15 is 0 Å². The van der Waals surface area contributed by atoms with Crippen LogP contribution in [0.5, 0.6) is 23.0 Å². The van der Waals surface area contributed by atoms with Gasteiger partial charge >= 0.3 is 0 Å². The van der Waals surface area contributed by atoms with Gasteiger partial charge in [-0.3, -0.25) is 9.59 Å². The second-order valence-electron chi connectivity index (χ2n) is 17.5. The van der Waals surface area contributed by atoms with Crippen LogP contribution < -0.4 is 29.6 Å². The van der Waals surface area contributed by atoms with E-state index in [1.54, 1.807) is 0 Å². The fourth-order valence-electron chi connectivity index (χ4n) is 7.88. The van der Waals surface area contributed by atoms with E-state index in [9.17, 15) is 20.1 Å². The molecule has 0 atom stereocenters. The van der Waals surface area contributed by atoms with Gasteiger partial charge in [-0.05, 0) is 79.2 Å². The normalized spacial score (nSPS) is 11.4. The minimum absolute atomic E-state index is 0.255. The summed E-state index contributed by atoms with van der Waals surface area (Å²) < 4.78 is 22.7. The van der Waals surface area contributed by atoms with Gasteiger partial charge < -0.3 is 29.6 Å². The molecule has 0 fully saturated rings. The molecule has 0 aromatic heterocycles. The summed E-state index contributed by atoms with van der Waals surface area (Å²) in [7, 11) is 6.07. The average molecular weight is 851 g/mol. The fraction of sp³-hybridized carbons (Fsp3) is 0.222. The van der Waals surface area contributed by atoms with Gasteiger partial charge in [0.2, 0.25) is 11.8 Å². The number of nitrogens with one attached hydrogen (secondary N) is 2. The Balaban J connectivity index is 1.60. The Morgan fingerprint density at radius 3 is 1.02 bits per heavy atom. The lowest BCUT2D eigenvalue weighted by Crippen LogP contribution is -2.31. The molecular weight excluding hydrogens is 801 g/mol. The van der Waals surface area contributed by atoms with Gasteiger partial charge in [-0.15, -0.1) is 0 Å². The van der Waals surface area contributed by atoms with E-state index in [0.717, 1.165) is 54.9 Å². The molecule has 10 heteroatoms. The lowest BCUT2D eigenvalue weighted by molar-refractivity contribution is -0.124. The first-order valence-electron chi connectivity index (χ1n) is 20.8. The number of amides is 2. The second kappa shape index (κ2) is 17.5. The Hall–Kier alpha value is -7.82. The van der Waals surface area contributed by atoms with E-state index in [-0.39, 0.29) is 22.9 Å². The number of methoxy groups -OCH3 is 4. The molecule has 0 aliphatic heterocycles. The molecule has 2 N–H and O–H groups in total. The van der Waals surface area contributed by atoms with Crippen LogP contribution in [0.4, 0.5) is 11.4 Å². The Bertz CT molecular complexity index is 2820. The summed E-state index contributed by atoms with van der Waals surface area (Å²) in [6.07, 6.45) is 0. The number of fused-ring (bicyclic) bond motifs is 2. The number of carbonyl (C=O) groups excluding carboxylic acids is 2. The van der Waals surface area contributed by atoms with Crippen LogP contribution in [0, 0.1) is 33.5 Å². The van der Waals surface area contributed by atoms with E-state index in [0.29, 0.717) is 45.5 Å². The molecule has 322 valence electrons. The number of rotatable bonds is 10. The van der Waals surface area contributed by atoms with Crippen molar-refractivity contribution in [2.75, 3.05) is 39.1 Å². The molecule has 0 bridgehead atoms. The number of nitriles is 2. The summed E-state index contributed by atoms with van der Waals surface area (Å²) in [5.41, 5.74) is 5.83. The molecule has 0 radical (unpaired) electrons. The number of hydrogen-bond donors (Lipinski definition) is 2. The van der Waals surface area contributed by atoms with E-state index in [2.05, 4.69) is 22.8 Å². The number of ether oxygens (including phenoxy) is 4. The highest BCUT2D eigenvalue weighted by Gasteiger charge is 2.30. The largest absolute Gasteiger partial charge is 0.495 e. The molecule has 64 heavy (non-hydrogen) atoms. The first-order chi connectivity index (χ1) is 30.6. The lowest BCUT2D eigenvalue weighted by Gasteiger charge is -2.27. The van der Waals surface area contributed by atoms with Crippen molar-refractivity contribution >= 4 is 44.7 Å². The number of anilines is 2. The summed E-state index contributed by atoms with van der Waals surface area (Å²) in [5, 5.41) is 30.1. The first-order valence-corrected chi connectivity index (χ1v) is 20.8. The molecule has 0 aliphatic carbocycles. The van der Waals surface area contributed by atoms with Crippen LogP contribution in [-0.2, 0) is 9.59 Å². The number of carbonyl (C=O) groups is 2. The summed E-state index contributed by atoms with van der Waals surface area (Å²) in [5.74, 6) is 0.965. The first kappa shape index (κ1) is 44.2. The maximum absolute atomic E-state index is 14.4. The van der Waals surface area contributed by atoms with Gasteiger partial charge in [-0.1, -0.05) is 126 Å². The summed E-state index contributed by atoms with van der Waals surface area (Å²) in [4.78, 5) is 28.7. The molecule has 0 saturated heterocycles. The van der Waals surface area contributed by atoms with Crippen molar-refractivity contribution in [1.82, 2.24) is 0 Å². The van der Waals surface area contributed by atoms with Gasteiger partial charge in [0.15, 0.2) is 0 Å². The Labute approximate surface area is 374 Å². The maximum atomic E-state index is 14.4. The van der Waals surface area contributed by atoms with Crippen molar-refractivity contribution in [3.63, 3.8) is 0 Å². The van der Waals surface area contributed by atoms with Crippen LogP contribution in [-0.4, -0.2) is 40.3 Å². The standard InChI is InChI=1S/C54H50N4O6/c1-53(2,3)51(59)57-49-39(37-21-13-17-31-15-11-19-35(47(31)37)33-25-43(61-7)41(29-55)44(26-33)62-8)23-24-40(50(49)58-52(60)54(4,5)6)38-22-14-18-32-16-12-20-36(48(32)38)34-27-45(63-9)42(30-56)46(28-34)64-10/h11-28H,1-10H3,(H,57,59)(H,58,60). The van der Waals surface area contributed by atoms with Crippen molar-refractivity contribution < 1.29 is 28.5 Å². The van der Waals surface area contributed by atoms with Crippen molar-refractivity contribution in [3.8, 4) is 79.6 Å². The number of benzene rings is 7. The smallest absolute Gasteiger partial charge is 0.229 e. The molecule has 0 aliphatic rings. The van der Waals surface area contributed by atoms with Crippen molar-refractivity contribution in [2.24, 2.45) is 10.8 Å². The van der Waals surface area contributed by atoms with Crippen LogP contribution in [0.15, 0.2) is 109 Å². The van der Waals surface area contributed by atoms with Crippen LogP contribution in [0.1, 0.15) is 52.7 Å². The minimum atomic E-state index is -0.821. The van der Waals surface area contributed by atoms with E-state index in [4.69, 9.17) is 18.9 Å².